The monoisotopic (exact) mass is 342 g/mol. The van der Waals surface area contributed by atoms with Crippen molar-refractivity contribution < 1.29 is 14.0 Å². The van der Waals surface area contributed by atoms with Crippen LogP contribution in [0.4, 0.5) is 5.69 Å². The van der Waals surface area contributed by atoms with Gasteiger partial charge in [-0.05, 0) is 25.1 Å². The Morgan fingerprint density at radius 2 is 1.88 bits per heavy atom. The number of hydrogen-bond donors (Lipinski definition) is 4. The third-order valence-corrected chi connectivity index (χ3v) is 3.61. The molecule has 0 aliphatic carbocycles. The third kappa shape index (κ3) is 3.20. The molecule has 0 saturated carbocycles. The number of anilines is 1. The first-order valence-electron chi connectivity index (χ1n) is 7.33. The summed E-state index contributed by atoms with van der Waals surface area (Å²) < 4.78 is 5.03. The number of benzene rings is 1. The first-order chi connectivity index (χ1) is 12.0. The SMILES string of the molecule is Cc1occc1C(=O)NCC(=O)Nc1cccc2c(=O)[nH][nH]c(=O)c12. The number of aromatic amines is 2. The number of H-pyrrole nitrogens is 2. The van der Waals surface area contributed by atoms with E-state index >= 15 is 0 Å². The molecule has 3 aromatic rings. The lowest BCUT2D eigenvalue weighted by Crippen LogP contribution is -2.33. The van der Waals surface area contributed by atoms with E-state index in [1.807, 2.05) is 0 Å². The second-order valence-corrected chi connectivity index (χ2v) is 5.26. The summed E-state index contributed by atoms with van der Waals surface area (Å²) in [5.41, 5.74) is -0.498. The van der Waals surface area contributed by atoms with Crippen molar-refractivity contribution >= 4 is 28.3 Å². The van der Waals surface area contributed by atoms with E-state index in [0.29, 0.717) is 11.3 Å². The van der Waals surface area contributed by atoms with Crippen molar-refractivity contribution in [2.75, 3.05) is 11.9 Å². The second-order valence-electron chi connectivity index (χ2n) is 5.26. The molecule has 0 aliphatic rings. The van der Waals surface area contributed by atoms with Gasteiger partial charge in [0.1, 0.15) is 5.76 Å². The van der Waals surface area contributed by atoms with Gasteiger partial charge in [-0.2, -0.15) is 0 Å². The molecule has 9 heteroatoms. The number of nitrogens with one attached hydrogen (secondary N) is 4. The van der Waals surface area contributed by atoms with E-state index in [1.54, 1.807) is 13.0 Å². The maximum absolute atomic E-state index is 12.1. The third-order valence-electron chi connectivity index (χ3n) is 3.61. The van der Waals surface area contributed by atoms with Crippen molar-refractivity contribution in [3.63, 3.8) is 0 Å². The highest BCUT2D eigenvalue weighted by Crippen LogP contribution is 2.16. The van der Waals surface area contributed by atoms with Gasteiger partial charge in [-0.1, -0.05) is 6.07 Å². The van der Waals surface area contributed by atoms with Crippen LogP contribution in [0.5, 0.6) is 0 Å². The predicted molar refractivity (Wildman–Crippen MR) is 89.6 cm³/mol. The molecule has 128 valence electrons. The van der Waals surface area contributed by atoms with Gasteiger partial charge < -0.3 is 15.1 Å². The molecule has 0 atom stereocenters. The van der Waals surface area contributed by atoms with Crippen LogP contribution in [-0.2, 0) is 4.79 Å². The van der Waals surface area contributed by atoms with E-state index in [2.05, 4.69) is 20.8 Å². The van der Waals surface area contributed by atoms with Gasteiger partial charge in [-0.3, -0.25) is 29.4 Å². The molecular formula is C16H14N4O5. The molecule has 9 nitrogen and oxygen atoms in total. The van der Waals surface area contributed by atoms with Crippen LogP contribution in [0.3, 0.4) is 0 Å². The summed E-state index contributed by atoms with van der Waals surface area (Å²) in [5.74, 6) is -0.548. The van der Waals surface area contributed by atoms with Crippen LogP contribution < -0.4 is 21.8 Å². The number of furan rings is 1. The minimum Gasteiger partial charge on any atom is -0.469 e. The van der Waals surface area contributed by atoms with Crippen molar-refractivity contribution in [2.24, 2.45) is 0 Å². The number of carbonyl (C=O) groups excluding carboxylic acids is 2. The number of aromatic nitrogens is 2. The quantitative estimate of drug-likeness (QED) is 0.547. The second kappa shape index (κ2) is 6.48. The summed E-state index contributed by atoms with van der Waals surface area (Å²) in [6, 6.07) is 6.01. The molecule has 0 aliphatic heterocycles. The summed E-state index contributed by atoms with van der Waals surface area (Å²) in [6.45, 7) is 1.33. The van der Waals surface area contributed by atoms with Gasteiger partial charge in [-0.25, -0.2) is 0 Å². The summed E-state index contributed by atoms with van der Waals surface area (Å²) in [4.78, 5) is 47.7. The first kappa shape index (κ1) is 16.2. The number of aryl methyl sites for hydroxylation is 1. The number of amides is 2. The molecule has 25 heavy (non-hydrogen) atoms. The van der Waals surface area contributed by atoms with E-state index in [1.165, 1.54) is 24.5 Å². The van der Waals surface area contributed by atoms with Gasteiger partial charge in [0, 0.05) is 0 Å². The maximum atomic E-state index is 12.1. The summed E-state index contributed by atoms with van der Waals surface area (Å²) in [7, 11) is 0. The van der Waals surface area contributed by atoms with Crippen molar-refractivity contribution in [1.29, 1.82) is 0 Å². The van der Waals surface area contributed by atoms with Crippen LogP contribution in [0, 0.1) is 6.92 Å². The predicted octanol–water partition coefficient (Wildman–Crippen LogP) is 0.486. The van der Waals surface area contributed by atoms with Gasteiger partial charge in [0.25, 0.3) is 17.0 Å². The van der Waals surface area contributed by atoms with Crippen molar-refractivity contribution in [1.82, 2.24) is 15.5 Å². The number of fused-ring (bicyclic) bond motifs is 1. The molecule has 2 heterocycles. The normalized spacial score (nSPS) is 10.6. The summed E-state index contributed by atoms with van der Waals surface area (Å²) >= 11 is 0. The van der Waals surface area contributed by atoms with Crippen LogP contribution >= 0.6 is 0 Å². The van der Waals surface area contributed by atoms with E-state index in [-0.39, 0.29) is 23.0 Å². The van der Waals surface area contributed by atoms with E-state index < -0.39 is 22.9 Å². The molecule has 1 aromatic carbocycles. The standard InChI is InChI=1S/C16H14N4O5/c1-8-9(5-6-25-8)14(22)17-7-12(21)18-11-4-2-3-10-13(11)16(24)20-19-15(10)23/h2-6H,7H2,1H3,(H,17,22)(H,18,21)(H,19,23)(H,20,24). The number of rotatable bonds is 4. The zero-order chi connectivity index (χ0) is 18.0. The Balaban J connectivity index is 1.76. The molecule has 0 spiro atoms. The molecule has 3 rings (SSSR count). The molecule has 4 N–H and O–H groups in total. The van der Waals surface area contributed by atoms with Gasteiger partial charge in [-0.15, -0.1) is 0 Å². The van der Waals surface area contributed by atoms with Crippen molar-refractivity contribution in [3.05, 3.63) is 62.6 Å². The molecule has 2 aromatic heterocycles. The largest absolute Gasteiger partial charge is 0.469 e. The lowest BCUT2D eigenvalue weighted by atomic mass is 10.1. The number of carbonyl (C=O) groups is 2. The van der Waals surface area contributed by atoms with Crippen LogP contribution in [0.1, 0.15) is 16.1 Å². The van der Waals surface area contributed by atoms with Crippen molar-refractivity contribution in [3.8, 4) is 0 Å². The Hall–Kier alpha value is -3.62. The summed E-state index contributed by atoms with van der Waals surface area (Å²) in [5, 5.41) is 9.61. The Bertz CT molecular complexity index is 1080. The highest BCUT2D eigenvalue weighted by molar-refractivity contribution is 6.04. The molecule has 0 unspecified atom stereocenters. The Morgan fingerprint density at radius 1 is 1.12 bits per heavy atom. The maximum Gasteiger partial charge on any atom is 0.272 e. The molecule has 2 amide bonds. The summed E-state index contributed by atoms with van der Waals surface area (Å²) in [6.07, 6.45) is 1.38. The minimum atomic E-state index is -0.540. The Labute approximate surface area is 140 Å². The van der Waals surface area contributed by atoms with E-state index in [4.69, 9.17) is 4.42 Å². The molecule has 0 radical (unpaired) electrons. The van der Waals surface area contributed by atoms with Crippen LogP contribution in [0.2, 0.25) is 0 Å². The first-order valence-corrected chi connectivity index (χ1v) is 7.33. The van der Waals surface area contributed by atoms with Crippen LogP contribution in [-0.4, -0.2) is 28.6 Å². The Kier molecular flexibility index (Phi) is 4.21. The smallest absolute Gasteiger partial charge is 0.272 e. The van der Waals surface area contributed by atoms with Gasteiger partial charge in [0.05, 0.1) is 34.8 Å². The van der Waals surface area contributed by atoms with Gasteiger partial charge in [0.2, 0.25) is 5.91 Å². The van der Waals surface area contributed by atoms with Crippen molar-refractivity contribution in [2.45, 2.75) is 6.92 Å². The molecular weight excluding hydrogens is 328 g/mol. The van der Waals surface area contributed by atoms with E-state index in [0.717, 1.165) is 0 Å². The van der Waals surface area contributed by atoms with E-state index in [9.17, 15) is 19.2 Å². The van der Waals surface area contributed by atoms with Gasteiger partial charge in [0.15, 0.2) is 0 Å². The lowest BCUT2D eigenvalue weighted by Gasteiger charge is -2.08. The molecule has 0 fully saturated rings. The lowest BCUT2D eigenvalue weighted by molar-refractivity contribution is -0.115. The zero-order valence-corrected chi connectivity index (χ0v) is 13.1. The molecule has 0 saturated heterocycles. The zero-order valence-electron chi connectivity index (χ0n) is 13.1. The fourth-order valence-electron chi connectivity index (χ4n) is 2.40. The van der Waals surface area contributed by atoms with Gasteiger partial charge >= 0.3 is 0 Å². The molecule has 0 bridgehead atoms. The number of hydrogen-bond acceptors (Lipinski definition) is 5. The fraction of sp³-hybridized carbons (Fsp3) is 0.125. The average molecular weight is 342 g/mol. The topological polar surface area (TPSA) is 137 Å². The minimum absolute atomic E-state index is 0.0663. The van der Waals surface area contributed by atoms with Crippen LogP contribution in [0.25, 0.3) is 10.8 Å². The fourth-order valence-corrected chi connectivity index (χ4v) is 2.40. The average Bonchev–Trinajstić information content (AvgIpc) is 3.02. The van der Waals surface area contributed by atoms with Crippen LogP contribution in [0.15, 0.2) is 44.5 Å². The Morgan fingerprint density at radius 3 is 2.60 bits per heavy atom. The highest BCUT2D eigenvalue weighted by atomic mass is 16.3. The highest BCUT2D eigenvalue weighted by Gasteiger charge is 2.14.